The Kier molecular flexibility index (Phi) is 6.61. The minimum atomic E-state index is -2.81. The van der Waals surface area contributed by atoms with Gasteiger partial charge in [0, 0.05) is 38.8 Å². The third-order valence-corrected chi connectivity index (χ3v) is 6.88. The smallest absolute Gasteiger partial charge is 0.409 e. The molecule has 0 saturated carbocycles. The van der Waals surface area contributed by atoms with Crippen LogP contribution in [0.15, 0.2) is 30.3 Å². The fourth-order valence-corrected chi connectivity index (χ4v) is 4.72. The number of hydrogen-bond acceptors (Lipinski definition) is 8. The average molecular weight is 502 g/mol. The number of alkyl halides is 2. The highest BCUT2D eigenvalue weighted by molar-refractivity contribution is 5.78. The van der Waals surface area contributed by atoms with E-state index in [0.29, 0.717) is 62.0 Å². The summed E-state index contributed by atoms with van der Waals surface area (Å²) in [5.41, 5.74) is 0.957. The van der Waals surface area contributed by atoms with Crippen LogP contribution in [0.5, 0.6) is 0 Å². The average Bonchev–Trinajstić information content (AvgIpc) is 3.30. The topological polar surface area (TPSA) is 88.9 Å². The Morgan fingerprint density at radius 3 is 2.50 bits per heavy atom. The van der Waals surface area contributed by atoms with Crippen LogP contribution in [0.2, 0.25) is 0 Å². The molecule has 2 atom stereocenters. The fourth-order valence-electron chi connectivity index (χ4n) is 4.72. The molecule has 2 aliphatic rings. The molecule has 192 valence electrons. The molecule has 1 amide bonds. The van der Waals surface area contributed by atoms with Crippen LogP contribution >= 0.6 is 0 Å². The van der Waals surface area contributed by atoms with E-state index in [1.54, 1.807) is 29.2 Å². The number of carbonyl (C=O) groups excluding carboxylic acids is 1. The van der Waals surface area contributed by atoms with Gasteiger partial charge in [-0.2, -0.15) is 9.97 Å². The third-order valence-electron chi connectivity index (χ3n) is 6.88. The van der Waals surface area contributed by atoms with Gasteiger partial charge in [0.05, 0.1) is 36.9 Å². The monoisotopic (exact) mass is 501 g/mol. The highest BCUT2D eigenvalue weighted by Gasteiger charge is 2.30. The molecule has 2 aromatic heterocycles. The quantitative estimate of drug-likeness (QED) is 0.538. The highest BCUT2D eigenvalue weighted by atomic mass is 19.3. The van der Waals surface area contributed by atoms with Crippen molar-refractivity contribution < 1.29 is 23.0 Å². The predicted octanol–water partition coefficient (Wildman–Crippen LogP) is 3.26. The van der Waals surface area contributed by atoms with E-state index in [1.807, 2.05) is 17.9 Å². The molecule has 2 fully saturated rings. The summed E-state index contributed by atoms with van der Waals surface area (Å²) in [4.78, 5) is 31.4. The van der Waals surface area contributed by atoms with Crippen molar-refractivity contribution in [2.75, 3.05) is 56.2 Å². The summed E-state index contributed by atoms with van der Waals surface area (Å²) in [5, 5.41) is 0. The van der Waals surface area contributed by atoms with Crippen molar-refractivity contribution in [3.05, 3.63) is 36.2 Å². The van der Waals surface area contributed by atoms with E-state index in [-0.39, 0.29) is 24.2 Å². The predicted molar refractivity (Wildman–Crippen MR) is 130 cm³/mol. The molecule has 10 nitrogen and oxygen atoms in total. The Morgan fingerprint density at radius 1 is 1.06 bits per heavy atom. The number of hydrogen-bond donors (Lipinski definition) is 0. The van der Waals surface area contributed by atoms with E-state index >= 15 is 0 Å². The fraction of sp³-hybridized carbons (Fsp3) is 0.500. The summed E-state index contributed by atoms with van der Waals surface area (Å²) < 4.78 is 40.2. The largest absolute Gasteiger partial charge is 0.453 e. The number of aromatic nitrogens is 4. The zero-order chi connectivity index (χ0) is 25.4. The standard InChI is InChI=1S/C24H29F2N7O3/c1-15-16(2)36-13-12-32(15)20-14-19(30-8-10-31(11-9-30)24(34)35-3)28-23(29-20)33-18-7-5-4-6-17(18)27-22(33)21(25)26/h4-7,14-16,21H,8-13H2,1-3H3/t15-,16-/m1/s1. The molecule has 0 N–H and O–H groups in total. The first kappa shape index (κ1) is 24.2. The van der Waals surface area contributed by atoms with Gasteiger partial charge in [-0.25, -0.2) is 18.6 Å². The number of nitrogens with zero attached hydrogens (tertiary/aromatic N) is 7. The van der Waals surface area contributed by atoms with Gasteiger partial charge >= 0.3 is 6.09 Å². The molecule has 12 heteroatoms. The Balaban J connectivity index is 1.60. The lowest BCUT2D eigenvalue weighted by Gasteiger charge is -2.39. The molecule has 0 radical (unpaired) electrons. The van der Waals surface area contributed by atoms with E-state index in [1.165, 1.54) is 11.7 Å². The number of halogens is 2. The Hall–Kier alpha value is -3.54. The van der Waals surface area contributed by atoms with E-state index in [4.69, 9.17) is 19.4 Å². The van der Waals surface area contributed by atoms with E-state index in [9.17, 15) is 13.6 Å². The van der Waals surface area contributed by atoms with Gasteiger partial charge in [0.1, 0.15) is 11.6 Å². The first-order valence-electron chi connectivity index (χ1n) is 12.0. The van der Waals surface area contributed by atoms with Gasteiger partial charge < -0.3 is 24.2 Å². The van der Waals surface area contributed by atoms with Crippen molar-refractivity contribution in [2.24, 2.45) is 0 Å². The first-order valence-corrected chi connectivity index (χ1v) is 12.0. The van der Waals surface area contributed by atoms with Gasteiger partial charge in [-0.05, 0) is 26.0 Å². The number of ether oxygens (including phenoxy) is 2. The first-order chi connectivity index (χ1) is 17.4. The minimum Gasteiger partial charge on any atom is -0.453 e. The molecule has 2 saturated heterocycles. The van der Waals surface area contributed by atoms with Crippen LogP contribution in [-0.4, -0.2) is 89.1 Å². The van der Waals surface area contributed by atoms with Crippen LogP contribution in [-0.2, 0) is 9.47 Å². The maximum Gasteiger partial charge on any atom is 0.409 e. The highest BCUT2D eigenvalue weighted by Crippen LogP contribution is 2.31. The number of para-hydroxylation sites is 2. The van der Waals surface area contributed by atoms with Crippen LogP contribution in [0.25, 0.3) is 17.0 Å². The minimum absolute atomic E-state index is 0.0186. The van der Waals surface area contributed by atoms with Crippen molar-refractivity contribution in [1.82, 2.24) is 24.4 Å². The Bertz CT molecular complexity index is 1250. The lowest BCUT2D eigenvalue weighted by molar-refractivity contribution is 0.0281. The second-order valence-electron chi connectivity index (χ2n) is 8.93. The zero-order valence-corrected chi connectivity index (χ0v) is 20.5. The number of methoxy groups -OCH3 is 1. The number of carbonyl (C=O) groups is 1. The molecule has 4 heterocycles. The molecular weight excluding hydrogens is 472 g/mol. The van der Waals surface area contributed by atoms with Crippen LogP contribution in [0.4, 0.5) is 25.2 Å². The van der Waals surface area contributed by atoms with Gasteiger partial charge in [-0.15, -0.1) is 0 Å². The molecular formula is C24H29F2N7O3. The Labute approximate surface area is 207 Å². The molecule has 0 unspecified atom stereocenters. The molecule has 36 heavy (non-hydrogen) atoms. The number of benzene rings is 1. The van der Waals surface area contributed by atoms with Gasteiger partial charge in [0.15, 0.2) is 5.82 Å². The van der Waals surface area contributed by atoms with E-state index in [0.717, 1.165) is 0 Å². The molecule has 3 aromatic rings. The van der Waals surface area contributed by atoms with Crippen molar-refractivity contribution in [3.8, 4) is 5.95 Å². The van der Waals surface area contributed by atoms with Gasteiger partial charge in [0.25, 0.3) is 6.43 Å². The normalized spacial score (nSPS) is 20.9. The number of piperazine rings is 1. The van der Waals surface area contributed by atoms with E-state index < -0.39 is 12.2 Å². The number of amides is 1. The van der Waals surface area contributed by atoms with Crippen LogP contribution in [0.3, 0.4) is 0 Å². The molecule has 1 aromatic carbocycles. The van der Waals surface area contributed by atoms with Crippen LogP contribution in [0.1, 0.15) is 26.1 Å². The molecule has 2 aliphatic heterocycles. The summed E-state index contributed by atoms with van der Waals surface area (Å²) in [6.45, 7) is 7.17. The van der Waals surface area contributed by atoms with Crippen molar-refractivity contribution in [3.63, 3.8) is 0 Å². The van der Waals surface area contributed by atoms with Gasteiger partial charge in [0.2, 0.25) is 5.95 Å². The second-order valence-corrected chi connectivity index (χ2v) is 8.93. The maximum atomic E-state index is 14.1. The summed E-state index contributed by atoms with van der Waals surface area (Å²) in [6, 6.07) is 8.87. The van der Waals surface area contributed by atoms with Crippen molar-refractivity contribution in [1.29, 1.82) is 0 Å². The summed E-state index contributed by atoms with van der Waals surface area (Å²) in [6.07, 6.45) is -3.20. The lowest BCUT2D eigenvalue weighted by atomic mass is 10.1. The molecule has 5 rings (SSSR count). The number of rotatable bonds is 4. The van der Waals surface area contributed by atoms with Crippen molar-refractivity contribution in [2.45, 2.75) is 32.4 Å². The Morgan fingerprint density at radius 2 is 1.78 bits per heavy atom. The molecule has 0 aliphatic carbocycles. The van der Waals surface area contributed by atoms with Gasteiger partial charge in [-0.1, -0.05) is 12.1 Å². The van der Waals surface area contributed by atoms with E-state index in [2.05, 4.69) is 16.8 Å². The zero-order valence-electron chi connectivity index (χ0n) is 20.5. The van der Waals surface area contributed by atoms with Crippen molar-refractivity contribution >= 4 is 28.8 Å². The number of anilines is 2. The summed E-state index contributed by atoms with van der Waals surface area (Å²) in [5.74, 6) is 0.960. The SMILES string of the molecule is COC(=O)N1CCN(c2cc(N3CCO[C@H](C)[C@H]3C)nc(-n3c(C(F)F)nc4ccccc43)n2)CC1. The van der Waals surface area contributed by atoms with Gasteiger partial charge in [-0.3, -0.25) is 4.57 Å². The number of fused-ring (bicyclic) bond motifs is 1. The summed E-state index contributed by atoms with van der Waals surface area (Å²) in [7, 11) is 1.36. The molecule has 0 spiro atoms. The number of imidazole rings is 1. The molecule has 0 bridgehead atoms. The van der Waals surface area contributed by atoms with Crippen LogP contribution < -0.4 is 9.80 Å². The maximum absolute atomic E-state index is 14.1. The second kappa shape index (κ2) is 9.84. The van der Waals surface area contributed by atoms with Crippen LogP contribution in [0, 0.1) is 0 Å². The lowest BCUT2D eigenvalue weighted by Crippen LogP contribution is -2.50. The summed E-state index contributed by atoms with van der Waals surface area (Å²) >= 11 is 0. The number of morpholine rings is 1. The third kappa shape index (κ3) is 4.41.